The van der Waals surface area contributed by atoms with Crippen molar-refractivity contribution in [1.82, 2.24) is 15.3 Å². The van der Waals surface area contributed by atoms with E-state index in [9.17, 15) is 4.79 Å². The van der Waals surface area contributed by atoms with Crippen LogP contribution < -0.4 is 10.2 Å². The molecule has 1 aliphatic heterocycles. The number of hydrogen-bond donors (Lipinski definition) is 1. The predicted molar refractivity (Wildman–Crippen MR) is 102 cm³/mol. The maximum absolute atomic E-state index is 12.2. The zero-order valence-electron chi connectivity index (χ0n) is 14.1. The highest BCUT2D eigenvalue weighted by molar-refractivity contribution is 7.99. The van der Waals surface area contributed by atoms with Gasteiger partial charge in [-0.15, -0.1) is 0 Å². The van der Waals surface area contributed by atoms with Gasteiger partial charge in [0.05, 0.1) is 11.8 Å². The van der Waals surface area contributed by atoms with Gasteiger partial charge in [-0.25, -0.2) is 9.97 Å². The monoisotopic (exact) mass is 376 g/mol. The predicted octanol–water partition coefficient (Wildman–Crippen LogP) is 3.70. The minimum Gasteiger partial charge on any atom is -0.356 e. The molecular weight excluding hydrogens is 356 g/mol. The van der Waals surface area contributed by atoms with Crippen LogP contribution in [-0.2, 0) is 4.79 Å². The maximum atomic E-state index is 12.2. The Labute approximate surface area is 157 Å². The maximum Gasteiger partial charge on any atom is 0.230 e. The molecule has 132 valence electrons. The third-order valence-electron chi connectivity index (χ3n) is 4.10. The number of nitrogens with zero attached hydrogens (tertiary/aromatic N) is 3. The van der Waals surface area contributed by atoms with Gasteiger partial charge in [0.1, 0.15) is 11.0 Å². The normalized spacial score (nSPS) is 15.2. The summed E-state index contributed by atoms with van der Waals surface area (Å²) in [5.74, 6) is 1.06. The number of nitrogens with one attached hydrogen (secondary N) is 1. The second-order valence-electron chi connectivity index (χ2n) is 6.01. The average molecular weight is 377 g/mol. The molecule has 0 unspecified atom stereocenters. The molecule has 1 saturated heterocycles. The first-order chi connectivity index (χ1) is 12.1. The van der Waals surface area contributed by atoms with Gasteiger partial charge in [-0.2, -0.15) is 0 Å². The van der Waals surface area contributed by atoms with E-state index in [0.29, 0.717) is 10.3 Å². The fourth-order valence-electron chi connectivity index (χ4n) is 2.80. The molecule has 0 spiro atoms. The SMILES string of the molecule is C[C@H](NC(=O)CSc1nc(Cl)cc(N2CCCC2)n1)c1ccccc1. The summed E-state index contributed by atoms with van der Waals surface area (Å²) in [6.07, 6.45) is 2.34. The Bertz CT molecular complexity index is 722. The molecule has 1 atom stereocenters. The molecule has 1 aromatic carbocycles. The Hall–Kier alpha value is -1.79. The fraction of sp³-hybridized carbons (Fsp3) is 0.389. The van der Waals surface area contributed by atoms with Crippen molar-refractivity contribution in [2.45, 2.75) is 31.0 Å². The molecule has 1 aromatic heterocycles. The number of carbonyl (C=O) groups excluding carboxylic acids is 1. The smallest absolute Gasteiger partial charge is 0.230 e. The quantitative estimate of drug-likeness (QED) is 0.473. The summed E-state index contributed by atoms with van der Waals surface area (Å²) in [7, 11) is 0. The van der Waals surface area contributed by atoms with E-state index in [1.54, 1.807) is 6.07 Å². The van der Waals surface area contributed by atoms with Crippen LogP contribution in [-0.4, -0.2) is 34.7 Å². The molecule has 0 saturated carbocycles. The molecule has 0 bridgehead atoms. The van der Waals surface area contributed by atoms with Crippen LogP contribution in [0.1, 0.15) is 31.4 Å². The van der Waals surface area contributed by atoms with Crippen molar-refractivity contribution in [3.8, 4) is 0 Å². The number of hydrogen-bond acceptors (Lipinski definition) is 5. The summed E-state index contributed by atoms with van der Waals surface area (Å²) in [6.45, 7) is 3.96. The van der Waals surface area contributed by atoms with Gasteiger partial charge in [0.2, 0.25) is 5.91 Å². The summed E-state index contributed by atoms with van der Waals surface area (Å²) in [6, 6.07) is 11.6. The summed E-state index contributed by atoms with van der Waals surface area (Å²) >= 11 is 7.42. The molecule has 25 heavy (non-hydrogen) atoms. The number of amides is 1. The van der Waals surface area contributed by atoms with Gasteiger partial charge in [-0.1, -0.05) is 53.7 Å². The van der Waals surface area contributed by atoms with Crippen molar-refractivity contribution < 1.29 is 4.79 Å². The van der Waals surface area contributed by atoms with Gasteiger partial charge in [-0.3, -0.25) is 4.79 Å². The van der Waals surface area contributed by atoms with E-state index in [1.165, 1.54) is 24.6 Å². The van der Waals surface area contributed by atoms with Gasteiger partial charge >= 0.3 is 0 Å². The lowest BCUT2D eigenvalue weighted by molar-refractivity contribution is -0.119. The Morgan fingerprint density at radius 1 is 1.28 bits per heavy atom. The minimum atomic E-state index is -0.0485. The van der Waals surface area contributed by atoms with Crippen LogP contribution >= 0.6 is 23.4 Å². The van der Waals surface area contributed by atoms with E-state index in [0.717, 1.165) is 24.5 Å². The number of benzene rings is 1. The van der Waals surface area contributed by atoms with Crippen molar-refractivity contribution in [2.75, 3.05) is 23.7 Å². The standard InChI is InChI=1S/C18H21ClN4OS/c1-13(14-7-3-2-4-8-14)20-17(24)12-25-18-21-15(19)11-16(22-18)23-9-5-6-10-23/h2-4,7-8,11,13H,5-6,9-10,12H2,1H3,(H,20,24)/t13-/m0/s1. The van der Waals surface area contributed by atoms with Gasteiger partial charge in [-0.05, 0) is 25.3 Å². The van der Waals surface area contributed by atoms with Crippen LogP contribution in [0, 0.1) is 0 Å². The van der Waals surface area contributed by atoms with Crippen molar-refractivity contribution in [3.63, 3.8) is 0 Å². The zero-order valence-corrected chi connectivity index (χ0v) is 15.7. The first kappa shape index (κ1) is 18.0. The van der Waals surface area contributed by atoms with Crippen LogP contribution in [0.25, 0.3) is 0 Å². The molecule has 0 radical (unpaired) electrons. The lowest BCUT2D eigenvalue weighted by Crippen LogP contribution is -2.28. The van der Waals surface area contributed by atoms with Crippen LogP contribution in [0.2, 0.25) is 5.15 Å². The van der Waals surface area contributed by atoms with E-state index in [-0.39, 0.29) is 17.7 Å². The Kier molecular flexibility index (Phi) is 6.15. The molecule has 7 heteroatoms. The highest BCUT2D eigenvalue weighted by Gasteiger charge is 2.16. The van der Waals surface area contributed by atoms with Crippen LogP contribution in [0.15, 0.2) is 41.6 Å². The van der Waals surface area contributed by atoms with Crippen molar-refractivity contribution in [3.05, 3.63) is 47.1 Å². The van der Waals surface area contributed by atoms with Crippen molar-refractivity contribution >= 4 is 35.1 Å². The van der Waals surface area contributed by atoms with Crippen molar-refractivity contribution in [2.24, 2.45) is 0 Å². The van der Waals surface area contributed by atoms with Gasteiger partial charge < -0.3 is 10.2 Å². The average Bonchev–Trinajstić information content (AvgIpc) is 3.15. The summed E-state index contributed by atoms with van der Waals surface area (Å²) in [5.41, 5.74) is 1.08. The largest absolute Gasteiger partial charge is 0.356 e. The fourth-order valence-corrected chi connectivity index (χ4v) is 3.69. The van der Waals surface area contributed by atoms with E-state index in [1.807, 2.05) is 37.3 Å². The minimum absolute atomic E-state index is 0.0326. The van der Waals surface area contributed by atoms with Crippen LogP contribution in [0.3, 0.4) is 0 Å². The van der Waals surface area contributed by atoms with Gasteiger partial charge in [0.15, 0.2) is 5.16 Å². The lowest BCUT2D eigenvalue weighted by atomic mass is 10.1. The Balaban J connectivity index is 1.56. The molecule has 2 aromatic rings. The molecule has 5 nitrogen and oxygen atoms in total. The molecule has 1 fully saturated rings. The molecule has 1 N–H and O–H groups in total. The van der Waals surface area contributed by atoms with E-state index in [4.69, 9.17) is 11.6 Å². The highest BCUT2D eigenvalue weighted by atomic mass is 35.5. The number of anilines is 1. The summed E-state index contributed by atoms with van der Waals surface area (Å²) < 4.78 is 0. The number of aromatic nitrogens is 2. The van der Waals surface area contributed by atoms with Crippen LogP contribution in [0.4, 0.5) is 5.82 Å². The van der Waals surface area contributed by atoms with Gasteiger partial charge in [0, 0.05) is 19.2 Å². The Morgan fingerprint density at radius 3 is 2.72 bits per heavy atom. The molecule has 1 amide bonds. The summed E-state index contributed by atoms with van der Waals surface area (Å²) in [5, 5.41) is 3.95. The van der Waals surface area contributed by atoms with Gasteiger partial charge in [0.25, 0.3) is 0 Å². The third-order valence-corrected chi connectivity index (χ3v) is 5.14. The molecule has 2 heterocycles. The number of thioether (sulfide) groups is 1. The lowest BCUT2D eigenvalue weighted by Gasteiger charge is -2.17. The number of rotatable bonds is 6. The van der Waals surface area contributed by atoms with E-state index in [2.05, 4.69) is 20.2 Å². The molecule has 0 aliphatic carbocycles. The van der Waals surface area contributed by atoms with Crippen molar-refractivity contribution in [1.29, 1.82) is 0 Å². The topological polar surface area (TPSA) is 58.1 Å². The molecular formula is C18H21ClN4OS. The van der Waals surface area contributed by atoms with E-state index >= 15 is 0 Å². The summed E-state index contributed by atoms with van der Waals surface area (Å²) in [4.78, 5) is 23.2. The number of carbonyl (C=O) groups is 1. The second-order valence-corrected chi connectivity index (χ2v) is 7.34. The Morgan fingerprint density at radius 2 is 2.00 bits per heavy atom. The first-order valence-corrected chi connectivity index (χ1v) is 9.75. The third kappa shape index (κ3) is 5.09. The van der Waals surface area contributed by atoms with E-state index < -0.39 is 0 Å². The molecule has 3 rings (SSSR count). The highest BCUT2D eigenvalue weighted by Crippen LogP contribution is 2.24. The first-order valence-electron chi connectivity index (χ1n) is 8.38. The van der Waals surface area contributed by atoms with Crippen LogP contribution in [0.5, 0.6) is 0 Å². The molecule has 1 aliphatic rings. The number of halogens is 1. The zero-order chi connectivity index (χ0) is 17.6. The second kappa shape index (κ2) is 8.54.